The fraction of sp³-hybridized carbons (Fsp3) is 0. The Morgan fingerprint density at radius 2 is 1.62 bits per heavy atom. The Kier molecular flexibility index (Phi) is 2.45. The lowest BCUT2D eigenvalue weighted by molar-refractivity contribution is 1.34. The summed E-state index contributed by atoms with van der Waals surface area (Å²) in [6.07, 6.45) is 0. The maximum absolute atomic E-state index is 5.92. The average molecular weight is 277 g/mol. The second-order valence-corrected chi connectivity index (χ2v) is 4.06. The fourth-order valence-electron chi connectivity index (χ4n) is 1.16. The summed E-state index contributed by atoms with van der Waals surface area (Å²) in [5, 5.41) is 2.71. The lowest BCUT2D eigenvalue weighted by atomic mass is 10.2. The molecule has 0 atom stereocenters. The number of benzene rings is 1. The molecule has 0 saturated carbocycles. The van der Waals surface area contributed by atoms with Crippen molar-refractivity contribution in [3.63, 3.8) is 0 Å². The van der Waals surface area contributed by atoms with Crippen LogP contribution in [0.4, 0.5) is 0 Å². The highest BCUT2D eigenvalue weighted by atomic mass is 79.9. The summed E-state index contributed by atoms with van der Waals surface area (Å²) < 4.78 is 0.786. The van der Waals surface area contributed by atoms with Crippen molar-refractivity contribution in [2.75, 3.05) is 0 Å². The molecule has 0 amide bonds. The third-order valence-corrected chi connectivity index (χ3v) is 3.36. The third kappa shape index (κ3) is 1.54. The summed E-state index contributed by atoms with van der Waals surface area (Å²) in [5.74, 6) is 0. The van der Waals surface area contributed by atoms with Crippen LogP contribution in [-0.4, -0.2) is 4.98 Å². The fourth-order valence-corrected chi connectivity index (χ4v) is 2.07. The van der Waals surface area contributed by atoms with E-state index in [1.165, 1.54) is 0 Å². The predicted octanol–water partition coefficient (Wildman–Crippen LogP) is 4.30. The van der Waals surface area contributed by atoms with Crippen LogP contribution in [0.3, 0.4) is 0 Å². The van der Waals surface area contributed by atoms with E-state index in [1.54, 1.807) is 0 Å². The van der Waals surface area contributed by atoms with E-state index < -0.39 is 0 Å². The Morgan fingerprint density at radius 1 is 1.00 bits per heavy atom. The van der Waals surface area contributed by atoms with E-state index in [0.717, 1.165) is 15.2 Å². The molecule has 0 saturated heterocycles. The Bertz CT molecular complexity index is 470. The van der Waals surface area contributed by atoms with Crippen LogP contribution in [0.15, 0.2) is 28.7 Å². The van der Waals surface area contributed by atoms with E-state index in [4.69, 9.17) is 23.2 Å². The maximum Gasteiger partial charge on any atom is 0.145 e. The molecule has 13 heavy (non-hydrogen) atoms. The van der Waals surface area contributed by atoms with E-state index in [2.05, 4.69) is 20.9 Å². The van der Waals surface area contributed by atoms with Crippen molar-refractivity contribution >= 4 is 49.9 Å². The summed E-state index contributed by atoms with van der Waals surface area (Å²) in [7, 11) is 0. The number of fused-ring (bicyclic) bond motifs is 1. The van der Waals surface area contributed by atoms with Crippen molar-refractivity contribution in [3.05, 3.63) is 39.0 Å². The zero-order chi connectivity index (χ0) is 9.42. The monoisotopic (exact) mass is 275 g/mol. The number of pyridine rings is 1. The van der Waals surface area contributed by atoms with Gasteiger partial charge in [0.1, 0.15) is 10.3 Å². The normalized spacial score (nSPS) is 10.7. The molecule has 0 unspecified atom stereocenters. The Labute approximate surface area is 93.8 Å². The molecule has 0 aliphatic rings. The number of rotatable bonds is 0. The van der Waals surface area contributed by atoms with Crippen molar-refractivity contribution < 1.29 is 0 Å². The topological polar surface area (TPSA) is 12.9 Å². The predicted molar refractivity (Wildman–Crippen MR) is 59.5 cm³/mol. The van der Waals surface area contributed by atoms with Gasteiger partial charge in [-0.1, -0.05) is 47.5 Å². The van der Waals surface area contributed by atoms with Gasteiger partial charge in [-0.2, -0.15) is 0 Å². The van der Waals surface area contributed by atoms with Gasteiger partial charge in [0.05, 0.1) is 4.47 Å². The molecule has 0 bridgehead atoms. The first-order chi connectivity index (χ1) is 6.20. The molecule has 0 aliphatic heterocycles. The molecule has 0 radical (unpaired) electrons. The van der Waals surface area contributed by atoms with Crippen molar-refractivity contribution in [1.29, 1.82) is 0 Å². The second kappa shape index (κ2) is 3.45. The van der Waals surface area contributed by atoms with Gasteiger partial charge in [-0.3, -0.25) is 0 Å². The Balaban J connectivity index is 2.97. The molecule has 1 aromatic heterocycles. The molecule has 0 N–H and O–H groups in total. The molecular formula is C9H4BrCl2N. The van der Waals surface area contributed by atoms with Crippen LogP contribution in [0.25, 0.3) is 10.8 Å². The smallest absolute Gasteiger partial charge is 0.145 e. The first kappa shape index (κ1) is 9.25. The molecule has 1 nitrogen and oxygen atoms in total. The molecule has 4 heteroatoms. The highest BCUT2D eigenvalue weighted by Gasteiger charge is 2.07. The first-order valence-corrected chi connectivity index (χ1v) is 5.14. The van der Waals surface area contributed by atoms with Crippen LogP contribution >= 0.6 is 39.1 Å². The summed E-state index contributed by atoms with van der Waals surface area (Å²) in [6.45, 7) is 0. The molecule has 66 valence electrons. The Morgan fingerprint density at radius 3 is 2.31 bits per heavy atom. The molecular weight excluding hydrogens is 273 g/mol. The quantitative estimate of drug-likeness (QED) is 0.654. The van der Waals surface area contributed by atoms with Gasteiger partial charge in [-0.05, 0) is 15.9 Å². The van der Waals surface area contributed by atoms with Gasteiger partial charge in [-0.25, -0.2) is 4.98 Å². The lowest BCUT2D eigenvalue weighted by Gasteiger charge is -2.03. The number of hydrogen-bond acceptors (Lipinski definition) is 1. The number of hydrogen-bond donors (Lipinski definition) is 0. The molecule has 2 rings (SSSR count). The largest absolute Gasteiger partial charge is 0.223 e. The third-order valence-electron chi connectivity index (χ3n) is 1.76. The minimum absolute atomic E-state index is 0.392. The maximum atomic E-state index is 5.92. The first-order valence-electron chi connectivity index (χ1n) is 3.59. The Hall–Kier alpha value is -0.310. The molecule has 0 spiro atoms. The van der Waals surface area contributed by atoms with Gasteiger partial charge < -0.3 is 0 Å². The molecule has 2 aromatic rings. The van der Waals surface area contributed by atoms with E-state index in [9.17, 15) is 0 Å². The number of halogens is 3. The number of nitrogens with zero attached hydrogens (tertiary/aromatic N) is 1. The number of aromatic nitrogens is 1. The average Bonchev–Trinajstić information content (AvgIpc) is 2.15. The van der Waals surface area contributed by atoms with Crippen LogP contribution in [0.1, 0.15) is 0 Å². The summed E-state index contributed by atoms with van der Waals surface area (Å²) >= 11 is 15.1. The van der Waals surface area contributed by atoms with Crippen molar-refractivity contribution in [1.82, 2.24) is 4.98 Å². The van der Waals surface area contributed by atoms with Gasteiger partial charge in [0.2, 0.25) is 0 Å². The van der Waals surface area contributed by atoms with Crippen LogP contribution in [0.5, 0.6) is 0 Å². The van der Waals surface area contributed by atoms with Crippen LogP contribution < -0.4 is 0 Å². The standard InChI is InChI=1S/C9H4BrCl2N/c10-7-5-3-1-2-4-6(5)8(11)13-9(7)12/h1-4H. The SMILES string of the molecule is Clc1nc(Cl)c2ccccc2c1Br. The van der Waals surface area contributed by atoms with Crippen LogP contribution in [-0.2, 0) is 0 Å². The summed E-state index contributed by atoms with van der Waals surface area (Å²) in [6, 6.07) is 7.70. The summed E-state index contributed by atoms with van der Waals surface area (Å²) in [4.78, 5) is 3.99. The lowest BCUT2D eigenvalue weighted by Crippen LogP contribution is -1.83. The van der Waals surface area contributed by atoms with Crippen molar-refractivity contribution in [2.45, 2.75) is 0 Å². The van der Waals surface area contributed by atoms with Gasteiger partial charge in [0.25, 0.3) is 0 Å². The highest BCUT2D eigenvalue weighted by Crippen LogP contribution is 2.33. The highest BCUT2D eigenvalue weighted by molar-refractivity contribution is 9.10. The van der Waals surface area contributed by atoms with E-state index in [-0.39, 0.29) is 0 Å². The van der Waals surface area contributed by atoms with Gasteiger partial charge in [0, 0.05) is 10.8 Å². The minimum atomic E-state index is 0.392. The molecule has 0 aliphatic carbocycles. The molecule has 1 aromatic carbocycles. The van der Waals surface area contributed by atoms with Crippen LogP contribution in [0.2, 0.25) is 10.3 Å². The van der Waals surface area contributed by atoms with Gasteiger partial charge >= 0.3 is 0 Å². The van der Waals surface area contributed by atoms with Crippen molar-refractivity contribution in [2.24, 2.45) is 0 Å². The summed E-state index contributed by atoms with van der Waals surface area (Å²) in [5.41, 5.74) is 0. The van der Waals surface area contributed by atoms with Crippen molar-refractivity contribution in [3.8, 4) is 0 Å². The second-order valence-electron chi connectivity index (χ2n) is 2.55. The molecule has 0 fully saturated rings. The molecule has 1 heterocycles. The van der Waals surface area contributed by atoms with Crippen LogP contribution in [0, 0.1) is 0 Å². The van der Waals surface area contributed by atoms with Gasteiger partial charge in [0.15, 0.2) is 0 Å². The van der Waals surface area contributed by atoms with Gasteiger partial charge in [-0.15, -0.1) is 0 Å². The van der Waals surface area contributed by atoms with E-state index >= 15 is 0 Å². The minimum Gasteiger partial charge on any atom is -0.223 e. The zero-order valence-electron chi connectivity index (χ0n) is 6.39. The zero-order valence-corrected chi connectivity index (χ0v) is 9.49. The van der Waals surface area contributed by atoms with E-state index in [0.29, 0.717) is 10.3 Å². The van der Waals surface area contributed by atoms with E-state index in [1.807, 2.05) is 24.3 Å².